The number of nitrogens with two attached hydrogens (primary N) is 1. The predicted molar refractivity (Wildman–Crippen MR) is 74.8 cm³/mol. The summed E-state index contributed by atoms with van der Waals surface area (Å²) >= 11 is 0. The van der Waals surface area contributed by atoms with Gasteiger partial charge < -0.3 is 10.8 Å². The van der Waals surface area contributed by atoms with Gasteiger partial charge in [-0.2, -0.15) is 0 Å². The fourth-order valence-corrected chi connectivity index (χ4v) is 2.13. The summed E-state index contributed by atoms with van der Waals surface area (Å²) in [5.74, 6) is 1.05. The number of aliphatic hydroxyl groups excluding tert-OH is 1. The van der Waals surface area contributed by atoms with Gasteiger partial charge in [-0.1, -0.05) is 18.1 Å². The zero-order valence-electron chi connectivity index (χ0n) is 10.8. The molecular formula is C16H13F2NO. The Balaban J connectivity index is 2.83. The van der Waals surface area contributed by atoms with E-state index in [-0.39, 0.29) is 16.8 Å². The van der Waals surface area contributed by atoms with Crippen LogP contribution in [0, 0.1) is 24.0 Å². The fraction of sp³-hybridized carbons (Fsp3) is 0.125. The molecule has 0 spiro atoms. The first-order chi connectivity index (χ1) is 9.45. The van der Waals surface area contributed by atoms with Gasteiger partial charge in [0.05, 0.1) is 17.4 Å². The number of anilines is 1. The Bertz CT molecular complexity index is 702. The van der Waals surface area contributed by atoms with Crippen LogP contribution in [0.1, 0.15) is 24.2 Å². The van der Waals surface area contributed by atoms with Crippen molar-refractivity contribution < 1.29 is 13.9 Å². The van der Waals surface area contributed by atoms with Gasteiger partial charge in [0.25, 0.3) is 0 Å². The van der Waals surface area contributed by atoms with Crippen LogP contribution in [-0.4, -0.2) is 5.11 Å². The van der Waals surface area contributed by atoms with Crippen LogP contribution in [0.2, 0.25) is 0 Å². The lowest BCUT2D eigenvalue weighted by Crippen LogP contribution is -2.05. The second-order valence-corrected chi connectivity index (χ2v) is 4.44. The Hall–Kier alpha value is -2.38. The summed E-state index contributed by atoms with van der Waals surface area (Å²) in [6, 6.07) is 6.81. The zero-order valence-corrected chi connectivity index (χ0v) is 10.8. The molecule has 0 aliphatic carbocycles. The highest BCUT2D eigenvalue weighted by Crippen LogP contribution is 2.37. The number of nitrogen functional groups attached to an aromatic ring is 1. The molecule has 3 N–H and O–H groups in total. The molecule has 2 aromatic carbocycles. The topological polar surface area (TPSA) is 46.2 Å². The smallest absolute Gasteiger partial charge is 0.141 e. The molecule has 0 aliphatic rings. The van der Waals surface area contributed by atoms with Gasteiger partial charge in [0.1, 0.15) is 11.6 Å². The first-order valence-corrected chi connectivity index (χ1v) is 5.98. The van der Waals surface area contributed by atoms with Crippen LogP contribution in [0.25, 0.3) is 11.1 Å². The molecule has 0 aliphatic heterocycles. The number of hydrogen-bond acceptors (Lipinski definition) is 2. The largest absolute Gasteiger partial charge is 0.397 e. The number of rotatable bonds is 2. The van der Waals surface area contributed by atoms with Crippen LogP contribution in [0.3, 0.4) is 0 Å². The van der Waals surface area contributed by atoms with Crippen LogP contribution in [0.15, 0.2) is 30.3 Å². The number of benzene rings is 2. The van der Waals surface area contributed by atoms with Crippen molar-refractivity contribution >= 4 is 5.69 Å². The summed E-state index contributed by atoms with van der Waals surface area (Å²) < 4.78 is 27.2. The van der Waals surface area contributed by atoms with Crippen LogP contribution in [0.4, 0.5) is 14.5 Å². The average Bonchev–Trinajstić information content (AvgIpc) is 2.38. The highest BCUT2D eigenvalue weighted by molar-refractivity contribution is 5.84. The van der Waals surface area contributed by atoms with Crippen molar-refractivity contribution in [2.75, 3.05) is 5.73 Å². The maximum atomic E-state index is 13.8. The third-order valence-corrected chi connectivity index (χ3v) is 3.06. The van der Waals surface area contributed by atoms with Crippen molar-refractivity contribution in [3.8, 4) is 23.5 Å². The molecule has 20 heavy (non-hydrogen) atoms. The average molecular weight is 273 g/mol. The molecule has 1 unspecified atom stereocenters. The van der Waals surface area contributed by atoms with Crippen LogP contribution >= 0.6 is 0 Å². The molecule has 0 amide bonds. The van der Waals surface area contributed by atoms with Gasteiger partial charge in [-0.05, 0) is 36.2 Å². The normalized spacial score (nSPS) is 11.9. The minimum atomic E-state index is -0.961. The number of halogens is 2. The highest BCUT2D eigenvalue weighted by Gasteiger charge is 2.19. The van der Waals surface area contributed by atoms with E-state index in [2.05, 4.69) is 5.92 Å². The van der Waals surface area contributed by atoms with E-state index in [4.69, 9.17) is 12.2 Å². The number of terminal acetylenes is 1. The van der Waals surface area contributed by atoms with E-state index < -0.39 is 17.7 Å². The van der Waals surface area contributed by atoms with Gasteiger partial charge in [-0.25, -0.2) is 8.78 Å². The molecule has 4 heteroatoms. The lowest BCUT2D eigenvalue weighted by Gasteiger charge is -2.17. The lowest BCUT2D eigenvalue weighted by atomic mass is 9.92. The second-order valence-electron chi connectivity index (χ2n) is 4.44. The summed E-state index contributed by atoms with van der Waals surface area (Å²) in [6.45, 7) is 1.48. The Labute approximate surface area is 115 Å². The third kappa shape index (κ3) is 2.36. The van der Waals surface area contributed by atoms with Crippen molar-refractivity contribution in [2.45, 2.75) is 13.0 Å². The van der Waals surface area contributed by atoms with E-state index in [1.807, 2.05) is 0 Å². The van der Waals surface area contributed by atoms with Crippen molar-refractivity contribution in [3.63, 3.8) is 0 Å². The molecule has 102 valence electrons. The van der Waals surface area contributed by atoms with E-state index in [0.29, 0.717) is 11.1 Å². The summed E-state index contributed by atoms with van der Waals surface area (Å²) in [7, 11) is 0. The van der Waals surface area contributed by atoms with Crippen molar-refractivity contribution in [1.82, 2.24) is 0 Å². The first-order valence-electron chi connectivity index (χ1n) is 5.98. The molecule has 0 bridgehead atoms. The number of aliphatic hydroxyl groups is 1. The van der Waals surface area contributed by atoms with Gasteiger partial charge in [0, 0.05) is 5.56 Å². The molecule has 0 aromatic heterocycles. The minimum absolute atomic E-state index is 0.0222. The minimum Gasteiger partial charge on any atom is -0.397 e. The quantitative estimate of drug-likeness (QED) is 0.651. The molecule has 0 saturated heterocycles. The van der Waals surface area contributed by atoms with Gasteiger partial charge in [-0.3, -0.25) is 0 Å². The Kier molecular flexibility index (Phi) is 3.73. The van der Waals surface area contributed by atoms with Crippen LogP contribution in [0.5, 0.6) is 0 Å². The fourth-order valence-electron chi connectivity index (χ4n) is 2.13. The first kappa shape index (κ1) is 14.0. The maximum absolute atomic E-state index is 13.8. The second kappa shape index (κ2) is 5.32. The molecular weight excluding hydrogens is 260 g/mol. The van der Waals surface area contributed by atoms with Gasteiger partial charge in [0.15, 0.2) is 0 Å². The monoisotopic (exact) mass is 273 g/mol. The predicted octanol–water partition coefficient (Wildman–Crippen LogP) is 3.25. The van der Waals surface area contributed by atoms with Gasteiger partial charge in [0.2, 0.25) is 0 Å². The third-order valence-electron chi connectivity index (χ3n) is 3.06. The Morgan fingerprint density at radius 1 is 1.30 bits per heavy atom. The SMILES string of the molecule is C#Cc1c(F)cc(C(C)O)c(-c2cccc(F)c2)c1N. The zero-order chi connectivity index (χ0) is 14.9. The van der Waals surface area contributed by atoms with E-state index in [9.17, 15) is 13.9 Å². The van der Waals surface area contributed by atoms with Crippen LogP contribution in [-0.2, 0) is 0 Å². The van der Waals surface area contributed by atoms with Crippen molar-refractivity contribution in [3.05, 3.63) is 53.1 Å². The summed E-state index contributed by atoms with van der Waals surface area (Å²) in [5, 5.41) is 9.78. The molecule has 0 fully saturated rings. The molecule has 2 aromatic rings. The summed E-state index contributed by atoms with van der Waals surface area (Å²) in [5.41, 5.74) is 6.90. The Morgan fingerprint density at radius 2 is 2.00 bits per heavy atom. The maximum Gasteiger partial charge on any atom is 0.141 e. The summed E-state index contributed by atoms with van der Waals surface area (Å²) in [4.78, 5) is 0. The Morgan fingerprint density at radius 3 is 2.55 bits per heavy atom. The van der Waals surface area contributed by atoms with Gasteiger partial charge in [-0.15, -0.1) is 6.42 Å². The standard InChI is InChI=1S/C16H13F2NO/c1-3-12-14(18)8-13(9(2)20)15(16(12)19)10-5-4-6-11(17)7-10/h1,4-9,20H,19H2,2H3. The number of hydrogen-bond donors (Lipinski definition) is 2. The lowest BCUT2D eigenvalue weighted by molar-refractivity contribution is 0.199. The van der Waals surface area contributed by atoms with E-state index in [1.165, 1.54) is 25.1 Å². The van der Waals surface area contributed by atoms with Crippen LogP contribution < -0.4 is 5.73 Å². The van der Waals surface area contributed by atoms with Crippen molar-refractivity contribution in [2.24, 2.45) is 0 Å². The van der Waals surface area contributed by atoms with E-state index >= 15 is 0 Å². The molecule has 0 radical (unpaired) electrons. The van der Waals surface area contributed by atoms with E-state index in [1.54, 1.807) is 6.07 Å². The molecule has 0 heterocycles. The van der Waals surface area contributed by atoms with E-state index in [0.717, 1.165) is 6.07 Å². The molecule has 2 nitrogen and oxygen atoms in total. The molecule has 1 atom stereocenters. The molecule has 2 rings (SSSR count). The molecule has 0 saturated carbocycles. The van der Waals surface area contributed by atoms with Crippen molar-refractivity contribution in [1.29, 1.82) is 0 Å². The van der Waals surface area contributed by atoms with Gasteiger partial charge >= 0.3 is 0 Å². The summed E-state index contributed by atoms with van der Waals surface area (Å²) in [6.07, 6.45) is 4.29. The highest BCUT2D eigenvalue weighted by atomic mass is 19.1.